The second-order valence-corrected chi connectivity index (χ2v) is 9.19. The zero-order chi connectivity index (χ0) is 27.0. The molecule has 2 aliphatic rings. The van der Waals surface area contributed by atoms with E-state index in [4.69, 9.17) is 0 Å². The van der Waals surface area contributed by atoms with Gasteiger partial charge >= 0.3 is 36.3 Å². The van der Waals surface area contributed by atoms with Crippen LogP contribution in [0.4, 0.5) is 57.1 Å². The highest BCUT2D eigenvalue weighted by molar-refractivity contribution is 5.71. The van der Waals surface area contributed by atoms with Crippen LogP contribution in [-0.4, -0.2) is 43.0 Å². The average Bonchev–Trinajstić information content (AvgIpc) is 2.68. The molecule has 2 rings (SSSR count). The van der Waals surface area contributed by atoms with E-state index in [1.165, 1.54) is 0 Å². The van der Waals surface area contributed by atoms with Gasteiger partial charge in [0.25, 0.3) is 0 Å². The number of halogens is 13. The summed E-state index contributed by atoms with van der Waals surface area (Å²) in [4.78, 5) is 11.1. The Morgan fingerprint density at radius 3 is 1.34 bits per heavy atom. The predicted molar refractivity (Wildman–Crippen MR) is 93.4 cm³/mol. The molecule has 15 heteroatoms. The summed E-state index contributed by atoms with van der Waals surface area (Å²) in [6, 6.07) is 0. The summed E-state index contributed by atoms with van der Waals surface area (Å²) in [5.74, 6) is -10.8. The maximum absolute atomic E-state index is 13.6. The van der Waals surface area contributed by atoms with E-state index in [0.29, 0.717) is 0 Å². The van der Waals surface area contributed by atoms with Gasteiger partial charge in [-0.15, -0.1) is 0 Å². The van der Waals surface area contributed by atoms with Gasteiger partial charge in [0.05, 0.1) is 0 Å². The summed E-state index contributed by atoms with van der Waals surface area (Å²) in [5, 5.41) is 0. The zero-order valence-corrected chi connectivity index (χ0v) is 18.0. The first-order chi connectivity index (χ1) is 15.8. The molecular weight excluding hydrogens is 519 g/mol. The van der Waals surface area contributed by atoms with Crippen LogP contribution in [0.1, 0.15) is 51.4 Å². The van der Waals surface area contributed by atoms with Crippen molar-refractivity contribution in [3.8, 4) is 0 Å². The fraction of sp³-hybridized carbons (Fsp3) is 0.950. The predicted octanol–water partition coefficient (Wildman–Crippen LogP) is 7.72. The minimum Gasteiger partial charge on any atom is -0.437 e. The maximum Gasteiger partial charge on any atom is 0.437 e. The van der Waals surface area contributed by atoms with Crippen molar-refractivity contribution < 1.29 is 66.6 Å². The van der Waals surface area contributed by atoms with Crippen LogP contribution in [0.3, 0.4) is 0 Å². The van der Waals surface area contributed by atoms with Crippen LogP contribution >= 0.6 is 0 Å². The van der Waals surface area contributed by atoms with Crippen LogP contribution in [0.15, 0.2) is 0 Å². The Kier molecular flexibility index (Phi) is 8.63. The Morgan fingerprint density at radius 1 is 0.657 bits per heavy atom. The minimum absolute atomic E-state index is 0.0802. The maximum atomic E-state index is 13.6. The molecule has 2 aliphatic carbocycles. The van der Waals surface area contributed by atoms with Crippen molar-refractivity contribution in [1.29, 1.82) is 0 Å². The lowest BCUT2D eigenvalue weighted by Crippen LogP contribution is -2.64. The topological polar surface area (TPSA) is 26.3 Å². The molecule has 2 fully saturated rings. The van der Waals surface area contributed by atoms with Gasteiger partial charge in [0.1, 0.15) is 0 Å². The van der Waals surface area contributed by atoms with E-state index in [2.05, 4.69) is 4.74 Å². The largest absolute Gasteiger partial charge is 0.437 e. The molecule has 0 spiro atoms. The third-order valence-electron chi connectivity index (χ3n) is 7.23. The van der Waals surface area contributed by atoms with E-state index < -0.39 is 98.2 Å². The third kappa shape index (κ3) is 6.28. The van der Waals surface area contributed by atoms with Crippen molar-refractivity contribution in [3.05, 3.63) is 0 Å². The monoisotopic (exact) mass is 542 g/mol. The standard InChI is InChI=1S/C20H23F13O2/c21-9-14(34)35-16(19(28,29)30,20(31,32)33)13-7-5-11(6-8-13)10-1-3-12(4-2-10)15(17(22,23)24)18(25,26)27/h10-13,15H,1-9H2. The summed E-state index contributed by atoms with van der Waals surface area (Å²) in [6.45, 7) is -2.21. The summed E-state index contributed by atoms with van der Waals surface area (Å²) in [5.41, 5.74) is -4.92. The van der Waals surface area contributed by atoms with E-state index in [0.717, 1.165) is 0 Å². The van der Waals surface area contributed by atoms with Crippen molar-refractivity contribution in [2.75, 3.05) is 6.67 Å². The van der Waals surface area contributed by atoms with Crippen LogP contribution in [0.25, 0.3) is 0 Å². The van der Waals surface area contributed by atoms with Crippen molar-refractivity contribution in [3.63, 3.8) is 0 Å². The van der Waals surface area contributed by atoms with Crippen LogP contribution in [0.5, 0.6) is 0 Å². The first-order valence-corrected chi connectivity index (χ1v) is 10.8. The Labute approximate surface area is 191 Å². The third-order valence-corrected chi connectivity index (χ3v) is 7.23. The molecular formula is C20H23F13O2. The quantitative estimate of drug-likeness (QED) is 0.263. The van der Waals surface area contributed by atoms with Gasteiger partial charge in [-0.3, -0.25) is 0 Å². The fourth-order valence-electron chi connectivity index (χ4n) is 5.70. The zero-order valence-electron chi connectivity index (χ0n) is 18.0. The summed E-state index contributed by atoms with van der Waals surface area (Å²) >= 11 is 0. The van der Waals surface area contributed by atoms with Gasteiger partial charge in [-0.1, -0.05) is 0 Å². The number of ether oxygens (including phenoxy) is 1. The highest BCUT2D eigenvalue weighted by Gasteiger charge is 2.77. The van der Waals surface area contributed by atoms with Crippen LogP contribution in [0.2, 0.25) is 0 Å². The highest BCUT2D eigenvalue weighted by Crippen LogP contribution is 2.56. The number of esters is 1. The molecule has 206 valence electrons. The van der Waals surface area contributed by atoms with Gasteiger partial charge in [0, 0.05) is 5.92 Å². The van der Waals surface area contributed by atoms with Gasteiger partial charge in [-0.05, 0) is 69.1 Å². The minimum atomic E-state index is -6.10. The highest BCUT2D eigenvalue weighted by atomic mass is 19.4. The molecule has 0 aromatic carbocycles. The number of alkyl halides is 13. The van der Waals surface area contributed by atoms with Crippen LogP contribution in [-0.2, 0) is 9.53 Å². The van der Waals surface area contributed by atoms with Crippen molar-refractivity contribution in [2.45, 2.75) is 81.7 Å². The van der Waals surface area contributed by atoms with Crippen LogP contribution < -0.4 is 0 Å². The molecule has 0 heterocycles. The average molecular weight is 542 g/mol. The first kappa shape index (κ1) is 29.8. The van der Waals surface area contributed by atoms with E-state index in [9.17, 15) is 61.9 Å². The molecule has 2 saturated carbocycles. The van der Waals surface area contributed by atoms with Crippen molar-refractivity contribution in [1.82, 2.24) is 0 Å². The second-order valence-electron chi connectivity index (χ2n) is 9.19. The van der Waals surface area contributed by atoms with Crippen molar-refractivity contribution >= 4 is 5.97 Å². The molecule has 2 nitrogen and oxygen atoms in total. The summed E-state index contributed by atoms with van der Waals surface area (Å²) in [6.07, 6.45) is -26.1. The van der Waals surface area contributed by atoms with Crippen molar-refractivity contribution in [2.24, 2.45) is 29.6 Å². The Balaban J connectivity index is 2.11. The van der Waals surface area contributed by atoms with Gasteiger partial charge in [-0.2, -0.15) is 52.7 Å². The molecule has 0 aromatic heterocycles. The SMILES string of the molecule is O=C(CF)OC(C1CCC(C2CCC(C(C(F)(F)F)C(F)(F)F)CC2)CC1)(C(F)(F)F)C(F)(F)F. The van der Waals surface area contributed by atoms with E-state index in [-0.39, 0.29) is 25.7 Å². The molecule has 0 saturated heterocycles. The molecule has 0 bridgehead atoms. The van der Waals surface area contributed by atoms with Crippen LogP contribution in [0, 0.1) is 29.6 Å². The summed E-state index contributed by atoms with van der Waals surface area (Å²) in [7, 11) is 0. The number of hydrogen-bond acceptors (Lipinski definition) is 2. The Hall–Kier alpha value is -1.44. The summed E-state index contributed by atoms with van der Waals surface area (Å²) < 4.78 is 176. The van der Waals surface area contributed by atoms with Gasteiger partial charge in [-0.25, -0.2) is 9.18 Å². The Bertz CT molecular complexity index is 678. The normalized spacial score (nSPS) is 27.7. The molecule has 0 unspecified atom stereocenters. The molecule has 0 N–H and O–H groups in total. The molecule has 0 amide bonds. The van der Waals surface area contributed by atoms with E-state index in [1.54, 1.807) is 0 Å². The number of carbonyl (C=O) groups is 1. The molecule has 0 radical (unpaired) electrons. The molecule has 0 atom stereocenters. The van der Waals surface area contributed by atoms with Gasteiger partial charge in [0.15, 0.2) is 12.6 Å². The van der Waals surface area contributed by atoms with Gasteiger partial charge in [0.2, 0.25) is 0 Å². The number of carbonyl (C=O) groups excluding carboxylic acids is 1. The Morgan fingerprint density at radius 2 is 1.03 bits per heavy atom. The molecule has 0 aromatic rings. The van der Waals surface area contributed by atoms with E-state index in [1.807, 2.05) is 0 Å². The lowest BCUT2D eigenvalue weighted by atomic mass is 9.65. The fourth-order valence-corrected chi connectivity index (χ4v) is 5.70. The van der Waals surface area contributed by atoms with E-state index >= 15 is 0 Å². The first-order valence-electron chi connectivity index (χ1n) is 10.8. The number of hydrogen-bond donors (Lipinski definition) is 0. The number of rotatable bonds is 5. The lowest BCUT2D eigenvalue weighted by molar-refractivity contribution is -0.388. The lowest BCUT2D eigenvalue weighted by Gasteiger charge is -2.46. The molecule has 0 aliphatic heterocycles. The van der Waals surface area contributed by atoms with Gasteiger partial charge < -0.3 is 4.74 Å². The second kappa shape index (κ2) is 10.1. The smallest absolute Gasteiger partial charge is 0.437 e. The molecule has 35 heavy (non-hydrogen) atoms.